The van der Waals surface area contributed by atoms with E-state index < -0.39 is 12.0 Å². The smallest absolute Gasteiger partial charge is 0.260 e. The number of para-hydroxylation sites is 2. The van der Waals surface area contributed by atoms with Gasteiger partial charge in [-0.1, -0.05) is 30.3 Å². The van der Waals surface area contributed by atoms with Crippen LogP contribution in [0.5, 0.6) is 0 Å². The largest absolute Gasteiger partial charge is 0.397 e. The van der Waals surface area contributed by atoms with Crippen molar-refractivity contribution in [3.05, 3.63) is 84.2 Å². The zero-order valence-corrected chi connectivity index (χ0v) is 17.1. The molecule has 3 N–H and O–H groups in total. The second-order valence-electron chi connectivity index (χ2n) is 6.89. The van der Waals surface area contributed by atoms with Gasteiger partial charge in [-0.05, 0) is 48.4 Å². The molecule has 0 aliphatic heterocycles. The van der Waals surface area contributed by atoms with E-state index in [1.165, 1.54) is 16.9 Å². The van der Waals surface area contributed by atoms with Crippen LogP contribution >= 0.6 is 0 Å². The number of hydrogen-bond acceptors (Lipinski definition) is 6. The fraction of sp³-hybridized carbons (Fsp3) is 0.174. The Bertz CT molecular complexity index is 1010. The number of aliphatic hydroxyl groups excluding tert-OH is 1. The second kappa shape index (κ2) is 10.3. The molecule has 1 heterocycles. The van der Waals surface area contributed by atoms with E-state index in [0.29, 0.717) is 23.5 Å². The first-order chi connectivity index (χ1) is 15.0. The minimum atomic E-state index is -1.20. The van der Waals surface area contributed by atoms with Gasteiger partial charge in [0.25, 0.3) is 5.91 Å². The van der Waals surface area contributed by atoms with E-state index in [4.69, 9.17) is 10.6 Å². The summed E-state index contributed by atoms with van der Waals surface area (Å²) in [5.74, 6) is -0.500. The van der Waals surface area contributed by atoms with Crippen LogP contribution in [0.1, 0.15) is 18.1 Å². The minimum absolute atomic E-state index is 0.217. The summed E-state index contributed by atoms with van der Waals surface area (Å²) in [6.07, 6.45) is 2.74. The first-order valence-electron chi connectivity index (χ1n) is 9.69. The van der Waals surface area contributed by atoms with Gasteiger partial charge in [0.15, 0.2) is 0 Å². The van der Waals surface area contributed by atoms with E-state index >= 15 is 0 Å². The molecule has 1 aromatic heterocycles. The number of anilines is 3. The predicted molar refractivity (Wildman–Crippen MR) is 117 cm³/mol. The maximum absolute atomic E-state index is 12.7. The third-order valence-corrected chi connectivity index (χ3v) is 4.53. The molecule has 8 heteroatoms. The Kier molecular flexibility index (Phi) is 7.31. The van der Waals surface area contributed by atoms with Gasteiger partial charge in [-0.3, -0.25) is 24.3 Å². The Hall–Kier alpha value is -3.75. The van der Waals surface area contributed by atoms with E-state index in [-0.39, 0.29) is 13.2 Å². The lowest BCUT2D eigenvalue weighted by Crippen LogP contribution is -2.34. The monoisotopic (exact) mass is 420 g/mol. The van der Waals surface area contributed by atoms with E-state index in [9.17, 15) is 14.7 Å². The number of hydroxylamine groups is 2. The molecule has 0 radical (unpaired) electrons. The molecule has 1 atom stereocenters. The molecule has 2 aromatic carbocycles. The van der Waals surface area contributed by atoms with Gasteiger partial charge in [0.05, 0.1) is 17.9 Å². The van der Waals surface area contributed by atoms with Crippen molar-refractivity contribution in [1.82, 2.24) is 10.0 Å². The Balaban J connectivity index is 1.75. The number of nitrogens with zero attached hydrogens (tertiary/aromatic N) is 3. The van der Waals surface area contributed by atoms with Crippen LogP contribution < -0.4 is 10.6 Å². The van der Waals surface area contributed by atoms with Gasteiger partial charge in [-0.15, -0.1) is 0 Å². The molecule has 3 aromatic rings. The standard InChI is InChI=1S/C23H24N4O4/c1-17(29)23(30)27(22-7-3-2-6-21(22)24)20-10-8-18(9-11-20)14-26(16-28)31-15-19-5-4-12-25-13-19/h2-13,16-17,29H,14-15,24H2,1H3. The van der Waals surface area contributed by atoms with E-state index in [1.807, 2.05) is 6.07 Å². The molecule has 1 unspecified atom stereocenters. The number of carbonyl (C=O) groups excluding carboxylic acids is 2. The summed E-state index contributed by atoms with van der Waals surface area (Å²) in [7, 11) is 0. The van der Waals surface area contributed by atoms with Crippen molar-refractivity contribution in [1.29, 1.82) is 0 Å². The third kappa shape index (κ3) is 5.65. The summed E-state index contributed by atoms with van der Waals surface area (Å²) in [5, 5.41) is 11.1. The number of aromatic nitrogens is 1. The SMILES string of the molecule is CC(O)C(=O)N(c1ccc(CN(C=O)OCc2cccnc2)cc1)c1ccccc1N. The highest BCUT2D eigenvalue weighted by molar-refractivity contribution is 6.04. The molecule has 2 amide bonds. The minimum Gasteiger partial charge on any atom is -0.397 e. The van der Waals surface area contributed by atoms with Crippen LogP contribution in [-0.2, 0) is 27.6 Å². The van der Waals surface area contributed by atoms with Crippen LogP contribution in [0.3, 0.4) is 0 Å². The highest BCUT2D eigenvalue weighted by Crippen LogP contribution is 2.31. The van der Waals surface area contributed by atoms with Crippen molar-refractivity contribution in [3.8, 4) is 0 Å². The fourth-order valence-electron chi connectivity index (χ4n) is 2.95. The number of nitrogens with two attached hydrogens (primary N) is 1. The Morgan fingerprint density at radius 3 is 2.48 bits per heavy atom. The normalized spacial score (nSPS) is 11.5. The van der Waals surface area contributed by atoms with Crippen molar-refractivity contribution < 1.29 is 19.5 Å². The number of aliphatic hydroxyl groups is 1. The zero-order chi connectivity index (χ0) is 22.2. The topological polar surface area (TPSA) is 109 Å². The van der Waals surface area contributed by atoms with Crippen LogP contribution in [0.2, 0.25) is 0 Å². The van der Waals surface area contributed by atoms with Crippen LogP contribution in [0, 0.1) is 0 Å². The molecule has 3 rings (SSSR count). The number of nitrogen functional groups attached to an aromatic ring is 1. The summed E-state index contributed by atoms with van der Waals surface area (Å²) >= 11 is 0. The van der Waals surface area contributed by atoms with Gasteiger partial charge in [0.2, 0.25) is 6.41 Å². The summed E-state index contributed by atoms with van der Waals surface area (Å²) in [6, 6.07) is 17.6. The molecule has 31 heavy (non-hydrogen) atoms. The molecular formula is C23H24N4O4. The van der Waals surface area contributed by atoms with Gasteiger partial charge in [0, 0.05) is 18.1 Å². The van der Waals surface area contributed by atoms with Crippen molar-refractivity contribution in [2.24, 2.45) is 0 Å². The Morgan fingerprint density at radius 2 is 1.87 bits per heavy atom. The van der Waals surface area contributed by atoms with Gasteiger partial charge in [-0.25, -0.2) is 5.06 Å². The first-order valence-corrected chi connectivity index (χ1v) is 9.69. The molecule has 160 valence electrons. The van der Waals surface area contributed by atoms with Gasteiger partial charge >= 0.3 is 0 Å². The van der Waals surface area contributed by atoms with Gasteiger partial charge in [0.1, 0.15) is 12.7 Å². The molecule has 0 bridgehead atoms. The average molecular weight is 420 g/mol. The Labute approximate surface area is 180 Å². The maximum atomic E-state index is 12.7. The number of carbonyl (C=O) groups is 2. The van der Waals surface area contributed by atoms with Gasteiger partial charge in [-0.2, -0.15) is 0 Å². The Morgan fingerprint density at radius 1 is 1.13 bits per heavy atom. The van der Waals surface area contributed by atoms with E-state index in [1.54, 1.807) is 67.0 Å². The lowest BCUT2D eigenvalue weighted by atomic mass is 10.1. The summed E-state index contributed by atoms with van der Waals surface area (Å²) < 4.78 is 0. The number of hydrogen-bond donors (Lipinski definition) is 2. The van der Waals surface area contributed by atoms with Crippen molar-refractivity contribution in [2.75, 3.05) is 10.6 Å². The molecule has 0 aliphatic carbocycles. The predicted octanol–water partition coefficient (Wildman–Crippen LogP) is 2.80. The third-order valence-electron chi connectivity index (χ3n) is 4.53. The highest BCUT2D eigenvalue weighted by Gasteiger charge is 2.23. The van der Waals surface area contributed by atoms with E-state index in [0.717, 1.165) is 11.1 Å². The number of benzene rings is 2. The molecule has 8 nitrogen and oxygen atoms in total. The van der Waals surface area contributed by atoms with Crippen molar-refractivity contribution >= 4 is 29.4 Å². The average Bonchev–Trinajstić information content (AvgIpc) is 2.79. The molecule has 0 saturated heterocycles. The van der Waals surface area contributed by atoms with E-state index in [2.05, 4.69) is 4.98 Å². The summed E-state index contributed by atoms with van der Waals surface area (Å²) in [5.41, 5.74) is 9.13. The lowest BCUT2D eigenvalue weighted by molar-refractivity contribution is -0.181. The van der Waals surface area contributed by atoms with Crippen LogP contribution in [0.15, 0.2) is 73.1 Å². The molecule has 0 spiro atoms. The second-order valence-corrected chi connectivity index (χ2v) is 6.89. The maximum Gasteiger partial charge on any atom is 0.260 e. The summed E-state index contributed by atoms with van der Waals surface area (Å²) in [6.45, 7) is 1.85. The lowest BCUT2D eigenvalue weighted by Gasteiger charge is -2.26. The summed E-state index contributed by atoms with van der Waals surface area (Å²) in [4.78, 5) is 35.0. The van der Waals surface area contributed by atoms with Crippen molar-refractivity contribution in [3.63, 3.8) is 0 Å². The number of pyridine rings is 1. The fourth-order valence-corrected chi connectivity index (χ4v) is 2.95. The van der Waals surface area contributed by atoms with Crippen LogP contribution in [0.25, 0.3) is 0 Å². The van der Waals surface area contributed by atoms with Gasteiger partial charge < -0.3 is 10.8 Å². The molecular weight excluding hydrogens is 396 g/mol. The van der Waals surface area contributed by atoms with Crippen LogP contribution in [-0.4, -0.2) is 33.6 Å². The van der Waals surface area contributed by atoms with Crippen LogP contribution in [0.4, 0.5) is 17.1 Å². The molecule has 0 saturated carbocycles. The number of rotatable bonds is 9. The van der Waals surface area contributed by atoms with Crippen molar-refractivity contribution in [2.45, 2.75) is 26.2 Å². The quantitative estimate of drug-likeness (QED) is 0.313. The molecule has 0 fully saturated rings. The highest BCUT2D eigenvalue weighted by atomic mass is 16.7. The molecule has 0 aliphatic rings. The first kappa shape index (κ1) is 21.9. The zero-order valence-electron chi connectivity index (χ0n) is 17.1. The number of amides is 2.